The number of nitrogens with zero attached hydrogens (tertiary/aromatic N) is 2. The molecule has 1 aliphatic carbocycles. The number of ether oxygens (including phenoxy) is 1. The highest BCUT2D eigenvalue weighted by atomic mass is 35.5. The maximum Gasteiger partial charge on any atom is 0.339 e. The number of pyridine rings is 1. The lowest BCUT2D eigenvalue weighted by Gasteiger charge is -2.25. The average Bonchev–Trinajstić information content (AvgIpc) is 3.26. The number of hydrogen-bond acceptors (Lipinski definition) is 6. The Kier molecular flexibility index (Phi) is 7.37. The zero-order valence-electron chi connectivity index (χ0n) is 23.3. The van der Waals surface area contributed by atoms with Gasteiger partial charge in [-0.05, 0) is 61.9 Å². The molecule has 42 heavy (non-hydrogen) atoms. The summed E-state index contributed by atoms with van der Waals surface area (Å²) in [6.45, 7) is 3.55. The van der Waals surface area contributed by atoms with Crippen molar-refractivity contribution in [2.45, 2.75) is 33.1 Å². The molecule has 0 bridgehead atoms. The van der Waals surface area contributed by atoms with Crippen LogP contribution in [0.5, 0.6) is 0 Å². The molecule has 2 heterocycles. The Morgan fingerprint density at radius 3 is 2.40 bits per heavy atom. The number of rotatable bonds is 6. The van der Waals surface area contributed by atoms with Crippen LogP contribution in [-0.4, -0.2) is 35.2 Å². The molecule has 1 saturated carbocycles. The van der Waals surface area contributed by atoms with E-state index in [9.17, 15) is 19.2 Å². The van der Waals surface area contributed by atoms with Crippen molar-refractivity contribution in [3.8, 4) is 11.3 Å². The first-order valence-corrected chi connectivity index (χ1v) is 14.4. The molecule has 1 saturated heterocycles. The van der Waals surface area contributed by atoms with E-state index in [1.807, 2.05) is 6.92 Å². The van der Waals surface area contributed by atoms with Crippen LogP contribution in [0.15, 0.2) is 72.8 Å². The van der Waals surface area contributed by atoms with Crippen molar-refractivity contribution in [1.29, 1.82) is 0 Å². The second-order valence-electron chi connectivity index (χ2n) is 11.2. The molecule has 3 aromatic carbocycles. The van der Waals surface area contributed by atoms with Crippen molar-refractivity contribution in [3.63, 3.8) is 0 Å². The van der Waals surface area contributed by atoms with Gasteiger partial charge in [-0.25, -0.2) is 9.78 Å². The minimum Gasteiger partial charge on any atom is -0.454 e. The maximum atomic E-state index is 13.3. The van der Waals surface area contributed by atoms with E-state index < -0.39 is 12.6 Å². The van der Waals surface area contributed by atoms with Gasteiger partial charge in [-0.2, -0.15) is 0 Å². The number of fused-ring (bicyclic) bond motifs is 2. The van der Waals surface area contributed by atoms with E-state index in [1.54, 1.807) is 72.8 Å². The Hall–Kier alpha value is -4.36. The van der Waals surface area contributed by atoms with Gasteiger partial charge in [0.05, 0.1) is 34.3 Å². The van der Waals surface area contributed by atoms with Crippen molar-refractivity contribution >= 4 is 51.8 Å². The Labute approximate surface area is 248 Å². The molecule has 0 radical (unpaired) electrons. The van der Waals surface area contributed by atoms with E-state index in [2.05, 4.69) is 6.92 Å². The van der Waals surface area contributed by atoms with Gasteiger partial charge < -0.3 is 4.74 Å². The number of Topliss-reactive ketones (excluding diaryl/α,β-unsaturated/α-hetero) is 1. The summed E-state index contributed by atoms with van der Waals surface area (Å²) < 4.78 is 5.45. The highest BCUT2D eigenvalue weighted by Crippen LogP contribution is 2.42. The third-order valence-corrected chi connectivity index (χ3v) is 8.84. The predicted octanol–water partition coefficient (Wildman–Crippen LogP) is 6.83. The zero-order valence-corrected chi connectivity index (χ0v) is 24.1. The Balaban J connectivity index is 1.31. The summed E-state index contributed by atoms with van der Waals surface area (Å²) in [4.78, 5) is 58.3. The van der Waals surface area contributed by atoms with E-state index >= 15 is 0 Å². The van der Waals surface area contributed by atoms with Gasteiger partial charge in [-0.1, -0.05) is 67.1 Å². The number of hydrogen-bond donors (Lipinski definition) is 0. The minimum atomic E-state index is -0.656. The average molecular weight is 581 g/mol. The Morgan fingerprint density at radius 1 is 0.952 bits per heavy atom. The molecule has 1 aliphatic heterocycles. The lowest BCUT2D eigenvalue weighted by molar-refractivity contribution is -0.122. The van der Waals surface area contributed by atoms with E-state index in [4.69, 9.17) is 21.3 Å². The van der Waals surface area contributed by atoms with Crippen LogP contribution in [0, 0.1) is 24.7 Å². The predicted molar refractivity (Wildman–Crippen MR) is 160 cm³/mol. The van der Waals surface area contributed by atoms with Crippen LogP contribution in [0.2, 0.25) is 5.02 Å². The largest absolute Gasteiger partial charge is 0.454 e. The van der Waals surface area contributed by atoms with Gasteiger partial charge >= 0.3 is 5.97 Å². The normalized spacial score (nSPS) is 20.1. The number of amides is 2. The van der Waals surface area contributed by atoms with Gasteiger partial charge in [0.25, 0.3) is 0 Å². The molecule has 6 rings (SSSR count). The Morgan fingerprint density at radius 2 is 1.67 bits per heavy atom. The second kappa shape index (κ2) is 11.1. The number of anilines is 1. The van der Waals surface area contributed by atoms with Crippen LogP contribution in [0.3, 0.4) is 0 Å². The summed E-state index contributed by atoms with van der Waals surface area (Å²) in [5.41, 5.74) is 3.64. The van der Waals surface area contributed by atoms with Crippen LogP contribution in [0.4, 0.5) is 5.69 Å². The van der Waals surface area contributed by atoms with Gasteiger partial charge in [0.2, 0.25) is 11.8 Å². The molecular formula is C34H29ClN2O5. The molecule has 0 spiro atoms. The van der Waals surface area contributed by atoms with Gasteiger partial charge in [0.15, 0.2) is 12.4 Å². The highest BCUT2D eigenvalue weighted by Gasteiger charge is 2.49. The number of aryl methyl sites for hydroxylation is 1. The summed E-state index contributed by atoms with van der Waals surface area (Å²) >= 11 is 6.40. The number of aromatic nitrogens is 1. The molecule has 3 unspecified atom stereocenters. The lowest BCUT2D eigenvalue weighted by Crippen LogP contribution is -2.30. The first-order chi connectivity index (χ1) is 20.2. The number of imide groups is 1. The molecule has 0 N–H and O–H groups in total. The summed E-state index contributed by atoms with van der Waals surface area (Å²) in [7, 11) is 0. The van der Waals surface area contributed by atoms with E-state index in [1.165, 1.54) is 4.90 Å². The molecule has 7 nitrogen and oxygen atoms in total. The first kappa shape index (κ1) is 27.8. The fourth-order valence-electron chi connectivity index (χ4n) is 6.06. The molecule has 2 amide bonds. The van der Waals surface area contributed by atoms with E-state index in [0.717, 1.165) is 19.3 Å². The minimum absolute atomic E-state index is 0.131. The monoisotopic (exact) mass is 580 g/mol. The van der Waals surface area contributed by atoms with Crippen LogP contribution in [0.1, 0.15) is 52.5 Å². The van der Waals surface area contributed by atoms with Crippen molar-refractivity contribution < 1.29 is 23.9 Å². The van der Waals surface area contributed by atoms with Crippen molar-refractivity contribution in [2.24, 2.45) is 17.8 Å². The lowest BCUT2D eigenvalue weighted by atomic mass is 9.76. The molecular weight excluding hydrogens is 552 g/mol. The van der Waals surface area contributed by atoms with Crippen molar-refractivity contribution in [3.05, 3.63) is 94.5 Å². The zero-order chi connectivity index (χ0) is 29.5. The fraction of sp³-hybridized carbons (Fsp3) is 0.265. The molecule has 8 heteroatoms. The van der Waals surface area contributed by atoms with Crippen LogP contribution in [0.25, 0.3) is 22.2 Å². The van der Waals surface area contributed by atoms with Crippen LogP contribution >= 0.6 is 11.6 Å². The smallest absolute Gasteiger partial charge is 0.339 e. The topological polar surface area (TPSA) is 93.6 Å². The molecule has 3 atom stereocenters. The van der Waals surface area contributed by atoms with E-state index in [-0.39, 0.29) is 35.0 Å². The third kappa shape index (κ3) is 4.98. The molecule has 1 aromatic heterocycles. The number of esters is 1. The van der Waals surface area contributed by atoms with Gasteiger partial charge in [0, 0.05) is 21.5 Å². The Bertz CT molecular complexity index is 1730. The third-order valence-electron chi connectivity index (χ3n) is 8.43. The first-order valence-electron chi connectivity index (χ1n) is 14.1. The standard InChI is InChI=1S/C34H29ClN2O5/c1-19-8-13-25-26(16-19)33(40)37(32(25)39)23-11-9-21(10-12-23)29-17-27(24-14-15-28(35)20(2)31(24)36-29)34(41)42-18-30(38)22-6-4-3-5-7-22/h3-7,9-12,14-15,17,19,25-26H,8,13,16,18H2,1-2H3. The summed E-state index contributed by atoms with van der Waals surface area (Å²) in [6.07, 6.45) is 2.43. The van der Waals surface area contributed by atoms with Gasteiger partial charge in [-0.3, -0.25) is 19.3 Å². The molecule has 4 aromatic rings. The van der Waals surface area contributed by atoms with Crippen LogP contribution < -0.4 is 4.90 Å². The van der Waals surface area contributed by atoms with Gasteiger partial charge in [-0.15, -0.1) is 0 Å². The quantitative estimate of drug-likeness (QED) is 0.141. The highest BCUT2D eigenvalue weighted by molar-refractivity contribution is 6.32. The van der Waals surface area contributed by atoms with Gasteiger partial charge in [0.1, 0.15) is 0 Å². The second-order valence-corrected chi connectivity index (χ2v) is 11.6. The SMILES string of the molecule is Cc1c(Cl)ccc2c(C(=O)OCC(=O)c3ccccc3)cc(-c3ccc(N4C(=O)C5CCC(C)CC5C4=O)cc3)nc12. The van der Waals surface area contributed by atoms with Crippen molar-refractivity contribution in [2.75, 3.05) is 11.5 Å². The summed E-state index contributed by atoms with van der Waals surface area (Å²) in [5, 5.41) is 1.06. The van der Waals surface area contributed by atoms with E-state index in [0.29, 0.717) is 49.9 Å². The molecule has 2 fully saturated rings. The molecule has 2 aliphatic rings. The molecule has 212 valence electrons. The fourth-order valence-corrected chi connectivity index (χ4v) is 6.22. The maximum absolute atomic E-state index is 13.3. The van der Waals surface area contributed by atoms with Crippen LogP contribution in [-0.2, 0) is 14.3 Å². The summed E-state index contributed by atoms with van der Waals surface area (Å²) in [6, 6.07) is 20.7. The number of halogens is 1. The number of ketones is 1. The number of carbonyl (C=O) groups is 4. The number of carbonyl (C=O) groups excluding carboxylic acids is 4. The van der Waals surface area contributed by atoms with Crippen molar-refractivity contribution in [1.82, 2.24) is 4.98 Å². The summed E-state index contributed by atoms with van der Waals surface area (Å²) in [5.74, 6) is -1.29. The number of benzene rings is 3.